The zero-order valence-electron chi connectivity index (χ0n) is 7.16. The summed E-state index contributed by atoms with van der Waals surface area (Å²) in [6.07, 6.45) is -3.98. The van der Waals surface area contributed by atoms with E-state index < -0.39 is 11.7 Å². The molecule has 0 atom stereocenters. The van der Waals surface area contributed by atoms with Gasteiger partial charge in [0, 0.05) is 6.54 Å². The number of halogens is 3. The first-order valence-electron chi connectivity index (χ1n) is 4.04. The number of rotatable bonds is 2. The van der Waals surface area contributed by atoms with Crippen molar-refractivity contribution in [3.05, 3.63) is 0 Å². The maximum Gasteiger partial charge on any atom is 0.411 e. The van der Waals surface area contributed by atoms with Crippen LogP contribution in [0.5, 0.6) is 0 Å². The molecule has 0 aromatic rings. The van der Waals surface area contributed by atoms with Crippen LogP contribution in [0.1, 0.15) is 19.8 Å². The molecule has 1 aliphatic rings. The van der Waals surface area contributed by atoms with E-state index in [1.807, 2.05) is 0 Å². The summed E-state index contributed by atoms with van der Waals surface area (Å²) < 4.78 is 37.0. The van der Waals surface area contributed by atoms with Crippen LogP contribution in [-0.4, -0.2) is 23.4 Å². The molecule has 2 N–H and O–H groups in total. The van der Waals surface area contributed by atoms with E-state index in [0.29, 0.717) is 6.54 Å². The third kappa shape index (κ3) is 2.24. The van der Waals surface area contributed by atoms with Gasteiger partial charge in [-0.15, -0.1) is 0 Å². The molecule has 0 heterocycles. The van der Waals surface area contributed by atoms with Crippen LogP contribution in [0, 0.1) is 0 Å². The van der Waals surface area contributed by atoms with Crippen molar-refractivity contribution in [2.24, 2.45) is 0 Å². The zero-order valence-corrected chi connectivity index (χ0v) is 7.98. The van der Waals surface area contributed by atoms with Crippen molar-refractivity contribution in [2.75, 3.05) is 6.54 Å². The molecule has 0 saturated heterocycles. The summed E-state index contributed by atoms with van der Waals surface area (Å²) in [6.45, 7) is 2.31. The Labute approximate surface area is 79.9 Å². The van der Waals surface area contributed by atoms with E-state index >= 15 is 0 Å². The van der Waals surface area contributed by atoms with Crippen LogP contribution >= 0.6 is 12.2 Å². The Morgan fingerprint density at radius 2 is 2.00 bits per heavy atom. The van der Waals surface area contributed by atoms with Crippen molar-refractivity contribution in [2.45, 2.75) is 31.5 Å². The molecule has 6 heteroatoms. The molecular formula is C7H11F3N2S. The lowest BCUT2D eigenvalue weighted by Gasteiger charge is -2.22. The number of hydrogen-bond donors (Lipinski definition) is 2. The molecule has 1 rings (SSSR count). The SMILES string of the molecule is CCNC(=S)NC1(C(F)(F)F)CC1. The third-order valence-electron chi connectivity index (χ3n) is 1.98. The molecule has 13 heavy (non-hydrogen) atoms. The standard InChI is InChI=1S/C7H11F3N2S/c1-2-11-5(13)12-6(3-4-6)7(8,9)10/h2-4H2,1H3,(H2,11,12,13). The molecule has 2 nitrogen and oxygen atoms in total. The Kier molecular flexibility index (Phi) is 2.70. The average molecular weight is 212 g/mol. The average Bonchev–Trinajstić information content (AvgIpc) is 2.67. The molecule has 0 unspecified atom stereocenters. The Hall–Kier alpha value is -0.520. The van der Waals surface area contributed by atoms with Gasteiger partial charge in [0.05, 0.1) is 0 Å². The lowest BCUT2D eigenvalue weighted by atomic mass is 10.3. The van der Waals surface area contributed by atoms with E-state index in [9.17, 15) is 13.2 Å². The third-order valence-corrected chi connectivity index (χ3v) is 2.23. The molecule has 0 aliphatic heterocycles. The predicted octanol–water partition coefficient (Wildman–Crippen LogP) is 1.57. The van der Waals surface area contributed by atoms with Crippen molar-refractivity contribution in [1.82, 2.24) is 10.6 Å². The van der Waals surface area contributed by atoms with Gasteiger partial charge in [-0.2, -0.15) is 13.2 Å². The molecular weight excluding hydrogens is 201 g/mol. The van der Waals surface area contributed by atoms with E-state index in [0.717, 1.165) is 0 Å². The minimum absolute atomic E-state index is 0.0809. The van der Waals surface area contributed by atoms with Gasteiger partial charge < -0.3 is 10.6 Å². The molecule has 0 aromatic heterocycles. The van der Waals surface area contributed by atoms with Crippen molar-refractivity contribution in [3.63, 3.8) is 0 Å². The maximum atomic E-state index is 12.3. The predicted molar refractivity (Wildman–Crippen MR) is 47.4 cm³/mol. The van der Waals surface area contributed by atoms with Gasteiger partial charge in [0.2, 0.25) is 0 Å². The van der Waals surface area contributed by atoms with Gasteiger partial charge in [-0.3, -0.25) is 0 Å². The smallest absolute Gasteiger partial charge is 0.363 e. The highest BCUT2D eigenvalue weighted by molar-refractivity contribution is 7.80. The lowest BCUT2D eigenvalue weighted by molar-refractivity contribution is -0.161. The molecule has 0 spiro atoms. The van der Waals surface area contributed by atoms with Gasteiger partial charge in [0.15, 0.2) is 5.11 Å². The van der Waals surface area contributed by atoms with Gasteiger partial charge in [-0.1, -0.05) is 0 Å². The first-order valence-corrected chi connectivity index (χ1v) is 4.45. The minimum Gasteiger partial charge on any atom is -0.363 e. The number of nitrogens with one attached hydrogen (secondary N) is 2. The van der Waals surface area contributed by atoms with E-state index in [1.165, 1.54) is 0 Å². The minimum atomic E-state index is -4.20. The van der Waals surface area contributed by atoms with Crippen LogP contribution in [0.25, 0.3) is 0 Å². The molecule has 0 aromatic carbocycles. The monoisotopic (exact) mass is 212 g/mol. The summed E-state index contributed by atoms with van der Waals surface area (Å²) >= 11 is 4.69. The van der Waals surface area contributed by atoms with Gasteiger partial charge in [-0.25, -0.2) is 0 Å². The summed E-state index contributed by atoms with van der Waals surface area (Å²) in [5.74, 6) is 0. The fraction of sp³-hybridized carbons (Fsp3) is 0.857. The summed E-state index contributed by atoms with van der Waals surface area (Å²) in [7, 11) is 0. The van der Waals surface area contributed by atoms with Crippen LogP contribution in [0.3, 0.4) is 0 Å². The van der Waals surface area contributed by atoms with Crippen LogP contribution < -0.4 is 10.6 Å². The Morgan fingerprint density at radius 1 is 1.46 bits per heavy atom. The first kappa shape index (κ1) is 10.6. The summed E-state index contributed by atoms with van der Waals surface area (Å²) in [4.78, 5) is 0. The molecule has 1 aliphatic carbocycles. The molecule has 0 bridgehead atoms. The van der Waals surface area contributed by atoms with Crippen molar-refractivity contribution >= 4 is 17.3 Å². The maximum absolute atomic E-state index is 12.3. The number of alkyl halides is 3. The van der Waals surface area contributed by atoms with E-state index in [2.05, 4.69) is 22.9 Å². The quantitative estimate of drug-likeness (QED) is 0.679. The first-order chi connectivity index (χ1) is 5.91. The second kappa shape index (κ2) is 3.32. The Balaban J connectivity index is 2.49. The molecule has 1 fully saturated rings. The van der Waals surface area contributed by atoms with Crippen molar-refractivity contribution < 1.29 is 13.2 Å². The molecule has 76 valence electrons. The molecule has 0 amide bonds. The zero-order chi connectivity index (χ0) is 10.1. The summed E-state index contributed by atoms with van der Waals surface area (Å²) in [5, 5.41) is 5.02. The molecule has 1 saturated carbocycles. The highest BCUT2D eigenvalue weighted by Crippen LogP contribution is 2.48. The fourth-order valence-electron chi connectivity index (χ4n) is 1.03. The second-order valence-electron chi connectivity index (χ2n) is 3.06. The van der Waals surface area contributed by atoms with Crippen LogP contribution in [0.4, 0.5) is 13.2 Å². The van der Waals surface area contributed by atoms with E-state index in [1.54, 1.807) is 6.92 Å². The van der Waals surface area contributed by atoms with Crippen molar-refractivity contribution in [1.29, 1.82) is 0 Å². The Morgan fingerprint density at radius 3 is 2.31 bits per heavy atom. The van der Waals surface area contributed by atoms with Gasteiger partial charge in [0.25, 0.3) is 0 Å². The van der Waals surface area contributed by atoms with Crippen LogP contribution in [0.2, 0.25) is 0 Å². The van der Waals surface area contributed by atoms with Crippen molar-refractivity contribution in [3.8, 4) is 0 Å². The van der Waals surface area contributed by atoms with Gasteiger partial charge in [-0.05, 0) is 32.0 Å². The Bertz CT molecular complexity index is 210. The number of hydrogen-bond acceptors (Lipinski definition) is 1. The topological polar surface area (TPSA) is 24.1 Å². The van der Waals surface area contributed by atoms with E-state index in [-0.39, 0.29) is 18.0 Å². The summed E-state index contributed by atoms with van der Waals surface area (Å²) in [5.41, 5.74) is -1.74. The normalized spacial score (nSPS) is 19.4. The largest absolute Gasteiger partial charge is 0.411 e. The van der Waals surface area contributed by atoms with Gasteiger partial charge >= 0.3 is 6.18 Å². The summed E-state index contributed by atoms with van der Waals surface area (Å²) in [6, 6.07) is 0. The van der Waals surface area contributed by atoms with Crippen LogP contribution in [0.15, 0.2) is 0 Å². The van der Waals surface area contributed by atoms with Crippen LogP contribution in [-0.2, 0) is 0 Å². The van der Waals surface area contributed by atoms with E-state index in [4.69, 9.17) is 0 Å². The molecule has 0 radical (unpaired) electrons. The lowest BCUT2D eigenvalue weighted by Crippen LogP contribution is -2.51. The highest BCUT2D eigenvalue weighted by Gasteiger charge is 2.63. The van der Waals surface area contributed by atoms with Gasteiger partial charge in [0.1, 0.15) is 5.54 Å². The second-order valence-corrected chi connectivity index (χ2v) is 3.47. The fourth-order valence-corrected chi connectivity index (χ4v) is 1.37. The highest BCUT2D eigenvalue weighted by atomic mass is 32.1. The number of thiocarbonyl (C=S) groups is 1.